The van der Waals surface area contributed by atoms with Crippen LogP contribution in [0.15, 0.2) is 30.3 Å². The van der Waals surface area contributed by atoms with Crippen LogP contribution in [-0.4, -0.2) is 62.2 Å². The molecule has 1 saturated heterocycles. The summed E-state index contributed by atoms with van der Waals surface area (Å²) in [5.74, 6) is 2.35. The topological polar surface area (TPSA) is 48.5 Å². The minimum Gasteiger partial charge on any atom is -0.357 e. The maximum absolute atomic E-state index is 13.2. The summed E-state index contributed by atoms with van der Waals surface area (Å²) in [6, 6.07) is 9.97. The van der Waals surface area contributed by atoms with E-state index >= 15 is 0 Å². The number of carbonyl (C=O) groups is 1. The van der Waals surface area contributed by atoms with Gasteiger partial charge in [-0.15, -0.1) is 0 Å². The van der Waals surface area contributed by atoms with E-state index in [1.807, 2.05) is 37.4 Å². The lowest BCUT2D eigenvalue weighted by Gasteiger charge is -2.33. The predicted molar refractivity (Wildman–Crippen MR) is 138 cm³/mol. The van der Waals surface area contributed by atoms with E-state index in [4.69, 9.17) is 4.98 Å². The minimum absolute atomic E-state index is 0.0152. The van der Waals surface area contributed by atoms with Gasteiger partial charge in [-0.2, -0.15) is 0 Å². The molecule has 1 saturated carbocycles. The number of para-hydroxylation sites is 1. The molecular formula is C28H41FN4O. The Morgan fingerprint density at radius 3 is 2.56 bits per heavy atom. The molecule has 4 rings (SSSR count). The van der Waals surface area contributed by atoms with Crippen molar-refractivity contribution in [1.82, 2.24) is 15.2 Å². The van der Waals surface area contributed by atoms with Crippen LogP contribution in [0.5, 0.6) is 0 Å². The van der Waals surface area contributed by atoms with Crippen molar-refractivity contribution < 1.29 is 9.18 Å². The fourth-order valence-corrected chi connectivity index (χ4v) is 5.58. The number of rotatable bonds is 10. The molecule has 1 aliphatic carbocycles. The van der Waals surface area contributed by atoms with Crippen molar-refractivity contribution in [2.24, 2.45) is 11.8 Å². The Kier molecular flexibility index (Phi) is 9.14. The number of piperidine rings is 1. The van der Waals surface area contributed by atoms with Crippen LogP contribution < -0.4 is 10.2 Å². The monoisotopic (exact) mass is 468 g/mol. The molecule has 0 atom stereocenters. The van der Waals surface area contributed by atoms with E-state index in [0.29, 0.717) is 12.5 Å². The molecule has 1 amide bonds. The number of hydrogen-bond donors (Lipinski definition) is 1. The zero-order valence-corrected chi connectivity index (χ0v) is 20.8. The molecule has 0 spiro atoms. The maximum atomic E-state index is 13.2. The smallest absolute Gasteiger partial charge is 0.252 e. The van der Waals surface area contributed by atoms with Crippen molar-refractivity contribution in [1.29, 1.82) is 0 Å². The fourth-order valence-electron chi connectivity index (χ4n) is 5.58. The molecule has 1 aliphatic heterocycles. The number of alkyl halides is 1. The molecule has 2 aliphatic rings. The van der Waals surface area contributed by atoms with Crippen LogP contribution in [0.1, 0.15) is 68.1 Å². The van der Waals surface area contributed by atoms with Gasteiger partial charge in [-0.1, -0.05) is 50.3 Å². The lowest BCUT2D eigenvalue weighted by molar-refractivity contribution is 0.0952. The number of fused-ring (bicyclic) bond motifs is 1. The third kappa shape index (κ3) is 6.68. The van der Waals surface area contributed by atoms with E-state index in [9.17, 15) is 9.18 Å². The first kappa shape index (κ1) is 24.9. The third-order valence-electron chi connectivity index (χ3n) is 7.83. The summed E-state index contributed by atoms with van der Waals surface area (Å²) >= 11 is 0. The molecule has 0 radical (unpaired) electrons. The van der Waals surface area contributed by atoms with Crippen LogP contribution in [0.4, 0.5) is 10.2 Å². The first-order valence-corrected chi connectivity index (χ1v) is 13.3. The Bertz CT molecular complexity index is 922. The third-order valence-corrected chi connectivity index (χ3v) is 7.83. The normalized spacial score (nSPS) is 18.0. The first-order valence-electron chi connectivity index (χ1n) is 13.3. The lowest BCUT2D eigenvalue weighted by atomic mass is 9.87. The number of benzene rings is 1. The molecule has 5 nitrogen and oxygen atoms in total. The Morgan fingerprint density at radius 2 is 1.79 bits per heavy atom. The van der Waals surface area contributed by atoms with Crippen molar-refractivity contribution in [3.05, 3.63) is 35.9 Å². The Balaban J connectivity index is 1.38. The van der Waals surface area contributed by atoms with Crippen molar-refractivity contribution in [2.45, 2.75) is 57.8 Å². The molecule has 2 aromatic rings. The molecule has 1 N–H and O–H groups in total. The van der Waals surface area contributed by atoms with Crippen LogP contribution in [0.2, 0.25) is 0 Å². The highest BCUT2D eigenvalue weighted by Gasteiger charge is 2.23. The van der Waals surface area contributed by atoms with Crippen LogP contribution >= 0.6 is 0 Å². The van der Waals surface area contributed by atoms with Gasteiger partial charge in [-0.3, -0.25) is 4.79 Å². The Hall–Kier alpha value is -2.21. The number of pyridine rings is 1. The fraction of sp³-hybridized carbons (Fsp3) is 0.643. The number of amides is 1. The summed E-state index contributed by atoms with van der Waals surface area (Å²) in [4.78, 5) is 22.5. The summed E-state index contributed by atoms with van der Waals surface area (Å²) in [5.41, 5.74) is 1.62. The van der Waals surface area contributed by atoms with Gasteiger partial charge in [-0.25, -0.2) is 9.37 Å². The molecule has 6 heteroatoms. The molecular weight excluding hydrogens is 427 g/mol. The highest BCUT2D eigenvalue weighted by molar-refractivity contribution is 6.07. The van der Waals surface area contributed by atoms with Gasteiger partial charge in [0, 0.05) is 31.6 Å². The van der Waals surface area contributed by atoms with Crippen LogP contribution in [0, 0.1) is 11.8 Å². The highest BCUT2D eigenvalue weighted by Crippen LogP contribution is 2.29. The molecule has 186 valence electrons. The molecule has 2 heterocycles. The second-order valence-electron chi connectivity index (χ2n) is 10.3. The van der Waals surface area contributed by atoms with Gasteiger partial charge in [-0.05, 0) is 63.2 Å². The summed E-state index contributed by atoms with van der Waals surface area (Å²) in [6.07, 6.45) is 11.1. The van der Waals surface area contributed by atoms with Gasteiger partial charge in [0.15, 0.2) is 0 Å². The Morgan fingerprint density at radius 1 is 1.06 bits per heavy atom. The molecule has 34 heavy (non-hydrogen) atoms. The lowest BCUT2D eigenvalue weighted by Crippen LogP contribution is -2.36. The summed E-state index contributed by atoms with van der Waals surface area (Å²) < 4.78 is 12.5. The average Bonchev–Trinajstić information content (AvgIpc) is 2.88. The number of anilines is 1. The van der Waals surface area contributed by atoms with Crippen LogP contribution in [0.3, 0.4) is 0 Å². The molecule has 1 aromatic carbocycles. The summed E-state index contributed by atoms with van der Waals surface area (Å²) in [5, 5.41) is 4.12. The zero-order valence-electron chi connectivity index (χ0n) is 20.8. The minimum atomic E-state index is -0.279. The van der Waals surface area contributed by atoms with Crippen LogP contribution in [-0.2, 0) is 0 Å². The standard InChI is InChI=1S/C28H41FN4O/c1-32(20-15-29)17-12-23-13-18-33(19-14-23)27-21-25(24-9-5-6-10-26(24)31-27)28(34)30-16-11-22-7-3-2-4-8-22/h5-6,9-10,21-23H,2-4,7-8,11-20H2,1H3,(H,30,34). The van der Waals surface area contributed by atoms with Gasteiger partial charge in [0.25, 0.3) is 5.91 Å². The quantitative estimate of drug-likeness (QED) is 0.504. The summed E-state index contributed by atoms with van der Waals surface area (Å²) in [6.45, 7) is 3.84. The van der Waals surface area contributed by atoms with Crippen LogP contribution in [0.25, 0.3) is 10.9 Å². The van der Waals surface area contributed by atoms with Gasteiger partial charge < -0.3 is 15.1 Å². The van der Waals surface area contributed by atoms with E-state index in [1.165, 1.54) is 32.1 Å². The number of halogens is 1. The van der Waals surface area contributed by atoms with Gasteiger partial charge in [0.05, 0.1) is 11.1 Å². The van der Waals surface area contributed by atoms with E-state index in [-0.39, 0.29) is 12.6 Å². The van der Waals surface area contributed by atoms with E-state index in [0.717, 1.165) is 80.1 Å². The number of nitrogens with one attached hydrogen (secondary N) is 1. The number of carbonyl (C=O) groups excluding carboxylic acids is 1. The number of hydrogen-bond acceptors (Lipinski definition) is 4. The largest absolute Gasteiger partial charge is 0.357 e. The average molecular weight is 469 g/mol. The molecule has 1 aromatic heterocycles. The number of aromatic nitrogens is 1. The second kappa shape index (κ2) is 12.5. The predicted octanol–water partition coefficient (Wildman–Crippen LogP) is 5.44. The van der Waals surface area contributed by atoms with Gasteiger partial charge in [0.2, 0.25) is 0 Å². The molecule has 2 fully saturated rings. The van der Waals surface area contributed by atoms with Crippen molar-refractivity contribution in [2.75, 3.05) is 51.3 Å². The first-order chi connectivity index (χ1) is 16.6. The molecule has 0 bridgehead atoms. The SMILES string of the molecule is CN(CCF)CCC1CCN(c2cc(C(=O)NCCC3CCCCC3)c3ccccc3n2)CC1. The summed E-state index contributed by atoms with van der Waals surface area (Å²) in [7, 11) is 2.00. The van der Waals surface area contributed by atoms with Crippen molar-refractivity contribution in [3.8, 4) is 0 Å². The van der Waals surface area contributed by atoms with E-state index in [1.54, 1.807) is 0 Å². The van der Waals surface area contributed by atoms with Crippen molar-refractivity contribution >= 4 is 22.6 Å². The number of nitrogens with zero attached hydrogens (tertiary/aromatic N) is 3. The van der Waals surface area contributed by atoms with E-state index in [2.05, 4.69) is 15.1 Å². The highest BCUT2D eigenvalue weighted by atomic mass is 19.1. The van der Waals surface area contributed by atoms with Gasteiger partial charge >= 0.3 is 0 Å². The zero-order chi connectivity index (χ0) is 23.8. The van der Waals surface area contributed by atoms with Crippen molar-refractivity contribution in [3.63, 3.8) is 0 Å². The van der Waals surface area contributed by atoms with E-state index < -0.39 is 0 Å². The second-order valence-corrected chi connectivity index (χ2v) is 10.3. The molecule has 0 unspecified atom stereocenters. The van der Waals surface area contributed by atoms with Gasteiger partial charge in [0.1, 0.15) is 12.5 Å². The Labute approximate surface area is 204 Å². The maximum Gasteiger partial charge on any atom is 0.252 e.